The van der Waals surface area contributed by atoms with Gasteiger partial charge in [0.1, 0.15) is 0 Å². The van der Waals surface area contributed by atoms with Crippen molar-refractivity contribution < 1.29 is 9.90 Å². The van der Waals surface area contributed by atoms with Crippen LogP contribution in [0.1, 0.15) is 19.4 Å². The number of thioether (sulfide) groups is 2. The maximum atomic E-state index is 11.1. The summed E-state index contributed by atoms with van der Waals surface area (Å²) in [7, 11) is 0. The molecule has 0 aliphatic rings. The first-order valence-electron chi connectivity index (χ1n) is 5.45. The molecule has 0 aliphatic carbocycles. The van der Waals surface area contributed by atoms with Crippen LogP contribution in [0, 0.1) is 5.41 Å². The lowest BCUT2D eigenvalue weighted by molar-refractivity contribution is -0.146. The molecule has 0 aromatic heterocycles. The summed E-state index contributed by atoms with van der Waals surface area (Å²) in [6, 6.07) is 3.91. The summed E-state index contributed by atoms with van der Waals surface area (Å²) >= 11 is 9.48. The Kier molecular flexibility index (Phi) is 5.44. The third kappa shape index (κ3) is 3.59. The fourth-order valence-electron chi connectivity index (χ4n) is 1.66. The molecular weight excluding hydrogens is 288 g/mol. The normalized spacial score (nSPS) is 11.6. The van der Waals surface area contributed by atoms with E-state index >= 15 is 0 Å². The van der Waals surface area contributed by atoms with Gasteiger partial charge in [-0.1, -0.05) is 11.6 Å². The second-order valence-electron chi connectivity index (χ2n) is 4.68. The molecule has 0 heterocycles. The number of aliphatic carboxylic acids is 1. The van der Waals surface area contributed by atoms with Crippen molar-refractivity contribution in [2.45, 2.75) is 30.1 Å². The Hall–Kier alpha value is -0.320. The molecule has 1 N–H and O–H groups in total. The number of benzene rings is 1. The first-order chi connectivity index (χ1) is 8.31. The molecule has 0 saturated carbocycles. The standard InChI is InChI=1S/C13H17ClO2S2/c1-13(2,12(15)16)7-8-5-9(14)11(18-4)10(6-8)17-3/h5-6H,7H2,1-4H3,(H,15,16). The van der Waals surface area contributed by atoms with Crippen molar-refractivity contribution in [2.75, 3.05) is 12.5 Å². The monoisotopic (exact) mass is 304 g/mol. The maximum Gasteiger partial charge on any atom is 0.309 e. The Morgan fingerprint density at radius 2 is 1.94 bits per heavy atom. The van der Waals surface area contributed by atoms with Crippen LogP contribution < -0.4 is 0 Å². The zero-order chi connectivity index (χ0) is 13.9. The van der Waals surface area contributed by atoms with Gasteiger partial charge in [-0.15, -0.1) is 23.5 Å². The molecule has 1 aromatic carbocycles. The van der Waals surface area contributed by atoms with E-state index in [1.54, 1.807) is 37.4 Å². The van der Waals surface area contributed by atoms with Crippen LogP contribution in [0.4, 0.5) is 0 Å². The van der Waals surface area contributed by atoms with Gasteiger partial charge in [0.05, 0.1) is 10.4 Å². The summed E-state index contributed by atoms with van der Waals surface area (Å²) in [6.45, 7) is 3.45. The Balaban J connectivity index is 3.13. The number of carboxylic acids is 1. The minimum atomic E-state index is -0.793. The van der Waals surface area contributed by atoms with E-state index in [0.717, 1.165) is 15.4 Å². The minimum Gasteiger partial charge on any atom is -0.481 e. The molecule has 0 saturated heterocycles. The molecule has 2 nitrogen and oxygen atoms in total. The van der Waals surface area contributed by atoms with Gasteiger partial charge in [0, 0.05) is 9.79 Å². The molecule has 0 fully saturated rings. The SMILES string of the molecule is CSc1cc(CC(C)(C)C(=O)O)cc(Cl)c1SC. The fourth-order valence-corrected chi connectivity index (χ4v) is 3.77. The molecule has 0 amide bonds. The number of carboxylic acid groups (broad SMARTS) is 1. The molecule has 1 aromatic rings. The molecule has 100 valence electrons. The molecule has 1 rings (SSSR count). The van der Waals surface area contributed by atoms with Crippen molar-refractivity contribution >= 4 is 41.1 Å². The van der Waals surface area contributed by atoms with Gasteiger partial charge >= 0.3 is 5.97 Å². The predicted molar refractivity (Wildman–Crippen MR) is 80.1 cm³/mol. The Bertz CT molecular complexity index is 459. The zero-order valence-electron chi connectivity index (χ0n) is 10.9. The summed E-state index contributed by atoms with van der Waals surface area (Å²) < 4.78 is 0. The molecule has 0 radical (unpaired) electrons. The largest absolute Gasteiger partial charge is 0.481 e. The van der Waals surface area contributed by atoms with Crippen LogP contribution in [0.15, 0.2) is 21.9 Å². The van der Waals surface area contributed by atoms with Crippen LogP contribution in [0.2, 0.25) is 5.02 Å². The molecular formula is C13H17ClO2S2. The van der Waals surface area contributed by atoms with E-state index in [9.17, 15) is 4.79 Å². The van der Waals surface area contributed by atoms with Gasteiger partial charge in [0.15, 0.2) is 0 Å². The quantitative estimate of drug-likeness (QED) is 0.816. The van der Waals surface area contributed by atoms with E-state index in [0.29, 0.717) is 11.4 Å². The van der Waals surface area contributed by atoms with Crippen molar-refractivity contribution in [3.05, 3.63) is 22.7 Å². The Labute approximate surface area is 121 Å². The molecule has 0 spiro atoms. The van der Waals surface area contributed by atoms with Crippen LogP contribution in [-0.2, 0) is 11.2 Å². The Morgan fingerprint density at radius 3 is 2.39 bits per heavy atom. The highest BCUT2D eigenvalue weighted by Crippen LogP contribution is 2.37. The predicted octanol–water partition coefficient (Wildman–Crippen LogP) is 4.44. The van der Waals surface area contributed by atoms with Crippen molar-refractivity contribution in [3.63, 3.8) is 0 Å². The third-order valence-corrected chi connectivity index (χ3v) is 4.87. The van der Waals surface area contributed by atoms with Crippen LogP contribution in [0.25, 0.3) is 0 Å². The summed E-state index contributed by atoms with van der Waals surface area (Å²) in [5, 5.41) is 9.86. The smallest absolute Gasteiger partial charge is 0.309 e. The van der Waals surface area contributed by atoms with E-state index in [2.05, 4.69) is 0 Å². The van der Waals surface area contributed by atoms with Crippen LogP contribution >= 0.6 is 35.1 Å². The lowest BCUT2D eigenvalue weighted by Gasteiger charge is -2.20. The maximum absolute atomic E-state index is 11.1. The van der Waals surface area contributed by atoms with Gasteiger partial charge in [-0.2, -0.15) is 0 Å². The molecule has 5 heteroatoms. The number of hydrogen-bond acceptors (Lipinski definition) is 3. The van der Waals surface area contributed by atoms with Crippen molar-refractivity contribution in [3.8, 4) is 0 Å². The number of carbonyl (C=O) groups is 1. The van der Waals surface area contributed by atoms with E-state index in [4.69, 9.17) is 16.7 Å². The molecule has 0 atom stereocenters. The summed E-state index contributed by atoms with van der Waals surface area (Å²) in [6.07, 6.45) is 4.46. The van der Waals surface area contributed by atoms with Crippen molar-refractivity contribution in [2.24, 2.45) is 5.41 Å². The highest BCUT2D eigenvalue weighted by atomic mass is 35.5. The fraction of sp³-hybridized carbons (Fsp3) is 0.462. The molecule has 0 bridgehead atoms. The minimum absolute atomic E-state index is 0.476. The van der Waals surface area contributed by atoms with E-state index in [-0.39, 0.29) is 0 Å². The lowest BCUT2D eigenvalue weighted by atomic mass is 9.86. The van der Waals surface area contributed by atoms with E-state index in [1.807, 2.05) is 24.6 Å². The van der Waals surface area contributed by atoms with Crippen molar-refractivity contribution in [1.82, 2.24) is 0 Å². The number of rotatable bonds is 5. The van der Waals surface area contributed by atoms with Crippen LogP contribution in [0.5, 0.6) is 0 Å². The highest BCUT2D eigenvalue weighted by Gasteiger charge is 2.27. The van der Waals surface area contributed by atoms with Gasteiger partial charge in [-0.05, 0) is 50.5 Å². The molecule has 18 heavy (non-hydrogen) atoms. The second-order valence-corrected chi connectivity index (χ2v) is 6.75. The summed E-state index contributed by atoms with van der Waals surface area (Å²) in [5.41, 5.74) is 0.189. The number of halogens is 1. The summed E-state index contributed by atoms with van der Waals surface area (Å²) in [4.78, 5) is 13.3. The van der Waals surface area contributed by atoms with Crippen molar-refractivity contribution in [1.29, 1.82) is 0 Å². The molecule has 0 aliphatic heterocycles. The van der Waals surface area contributed by atoms with Gasteiger partial charge in [-0.3, -0.25) is 4.79 Å². The highest BCUT2D eigenvalue weighted by molar-refractivity contribution is 8.01. The van der Waals surface area contributed by atoms with Gasteiger partial charge in [-0.25, -0.2) is 0 Å². The Morgan fingerprint density at radius 1 is 1.33 bits per heavy atom. The lowest BCUT2D eigenvalue weighted by Crippen LogP contribution is -2.26. The average molecular weight is 305 g/mol. The molecule has 0 unspecified atom stereocenters. The van der Waals surface area contributed by atoms with E-state index < -0.39 is 11.4 Å². The topological polar surface area (TPSA) is 37.3 Å². The van der Waals surface area contributed by atoms with Gasteiger partial charge in [0.25, 0.3) is 0 Å². The zero-order valence-corrected chi connectivity index (χ0v) is 13.3. The first kappa shape index (κ1) is 15.7. The first-order valence-corrected chi connectivity index (χ1v) is 8.28. The van der Waals surface area contributed by atoms with Crippen LogP contribution in [-0.4, -0.2) is 23.6 Å². The van der Waals surface area contributed by atoms with Gasteiger partial charge in [0.2, 0.25) is 0 Å². The van der Waals surface area contributed by atoms with E-state index in [1.165, 1.54) is 0 Å². The second kappa shape index (κ2) is 6.22. The number of hydrogen-bond donors (Lipinski definition) is 1. The summed E-state index contributed by atoms with van der Waals surface area (Å²) in [5.74, 6) is -0.793. The average Bonchev–Trinajstić information content (AvgIpc) is 2.27. The third-order valence-electron chi connectivity index (χ3n) is 2.72. The van der Waals surface area contributed by atoms with Gasteiger partial charge < -0.3 is 5.11 Å². The van der Waals surface area contributed by atoms with Crippen LogP contribution in [0.3, 0.4) is 0 Å².